The zero-order chi connectivity index (χ0) is 14.0. The molecule has 2 N–H and O–H groups in total. The smallest absolute Gasteiger partial charge is 0.120 e. The molecule has 1 aliphatic rings. The molecule has 2 rings (SSSR count). The topological polar surface area (TPSA) is 35.5 Å². The number of benzene rings is 1. The van der Waals surface area contributed by atoms with E-state index in [1.807, 2.05) is 12.1 Å². The maximum absolute atomic E-state index is 10.2. The second-order valence-electron chi connectivity index (χ2n) is 5.81. The van der Waals surface area contributed by atoms with E-state index in [1.54, 1.807) is 6.07 Å². The number of hydrogen-bond donors (Lipinski definition) is 2. The lowest BCUT2D eigenvalue weighted by Gasteiger charge is -2.47. The SMILES string of the molecule is CCC(c1cc(Br)ccc1O)N1CCNCC1(C)C. The van der Waals surface area contributed by atoms with Crippen LogP contribution in [0.3, 0.4) is 0 Å². The Labute approximate surface area is 124 Å². The zero-order valence-corrected chi connectivity index (χ0v) is 13.5. The summed E-state index contributed by atoms with van der Waals surface area (Å²) in [5.41, 5.74) is 1.13. The summed E-state index contributed by atoms with van der Waals surface area (Å²) in [4.78, 5) is 2.50. The van der Waals surface area contributed by atoms with Crippen LogP contribution in [-0.4, -0.2) is 35.2 Å². The average Bonchev–Trinajstić information content (AvgIpc) is 2.36. The van der Waals surface area contributed by atoms with Crippen molar-refractivity contribution in [2.75, 3.05) is 19.6 Å². The number of halogens is 1. The second-order valence-corrected chi connectivity index (χ2v) is 6.73. The Balaban J connectivity index is 2.35. The van der Waals surface area contributed by atoms with Crippen LogP contribution in [0.15, 0.2) is 22.7 Å². The Kier molecular flexibility index (Phi) is 4.54. The van der Waals surface area contributed by atoms with Crippen molar-refractivity contribution in [3.05, 3.63) is 28.2 Å². The molecule has 0 bridgehead atoms. The summed E-state index contributed by atoms with van der Waals surface area (Å²) >= 11 is 3.50. The van der Waals surface area contributed by atoms with Crippen molar-refractivity contribution >= 4 is 15.9 Å². The number of nitrogens with zero attached hydrogens (tertiary/aromatic N) is 1. The highest BCUT2D eigenvalue weighted by Crippen LogP contribution is 2.37. The summed E-state index contributed by atoms with van der Waals surface area (Å²) in [6.07, 6.45) is 0.993. The van der Waals surface area contributed by atoms with Gasteiger partial charge in [0.1, 0.15) is 5.75 Å². The lowest BCUT2D eigenvalue weighted by Crippen LogP contribution is -2.58. The highest BCUT2D eigenvalue weighted by atomic mass is 79.9. The van der Waals surface area contributed by atoms with Gasteiger partial charge in [0.05, 0.1) is 0 Å². The van der Waals surface area contributed by atoms with Crippen LogP contribution < -0.4 is 5.32 Å². The molecule has 0 radical (unpaired) electrons. The van der Waals surface area contributed by atoms with Crippen LogP contribution in [0.1, 0.15) is 38.8 Å². The van der Waals surface area contributed by atoms with E-state index in [-0.39, 0.29) is 11.6 Å². The van der Waals surface area contributed by atoms with E-state index in [2.05, 4.69) is 46.9 Å². The number of phenols is 1. The molecular weight excluding hydrogens is 304 g/mol. The fraction of sp³-hybridized carbons (Fsp3) is 0.600. The molecule has 0 aliphatic carbocycles. The summed E-state index contributed by atoms with van der Waals surface area (Å²) in [6, 6.07) is 5.96. The van der Waals surface area contributed by atoms with E-state index in [4.69, 9.17) is 0 Å². The summed E-state index contributed by atoms with van der Waals surface area (Å²) in [5.74, 6) is 0.393. The number of piperazine rings is 1. The van der Waals surface area contributed by atoms with Gasteiger partial charge in [-0.1, -0.05) is 22.9 Å². The number of phenolic OH excluding ortho intramolecular Hbond substituents is 1. The Morgan fingerprint density at radius 1 is 1.47 bits per heavy atom. The molecule has 4 heteroatoms. The van der Waals surface area contributed by atoms with Crippen molar-refractivity contribution in [1.29, 1.82) is 0 Å². The molecule has 0 amide bonds. The van der Waals surface area contributed by atoms with Gasteiger partial charge in [0.15, 0.2) is 0 Å². The number of hydrogen-bond acceptors (Lipinski definition) is 3. The minimum absolute atomic E-state index is 0.105. The van der Waals surface area contributed by atoms with Gasteiger partial charge < -0.3 is 10.4 Å². The Morgan fingerprint density at radius 3 is 2.84 bits per heavy atom. The van der Waals surface area contributed by atoms with Gasteiger partial charge in [-0.3, -0.25) is 4.90 Å². The highest BCUT2D eigenvalue weighted by molar-refractivity contribution is 9.10. The van der Waals surface area contributed by atoms with E-state index in [1.165, 1.54) is 0 Å². The first kappa shape index (κ1) is 14.8. The minimum atomic E-state index is 0.105. The van der Waals surface area contributed by atoms with Gasteiger partial charge >= 0.3 is 0 Å². The normalized spacial score (nSPS) is 21.3. The molecule has 3 nitrogen and oxygen atoms in total. The molecule has 0 aromatic heterocycles. The Hall–Kier alpha value is -0.580. The molecule has 1 aromatic rings. The zero-order valence-electron chi connectivity index (χ0n) is 11.9. The molecule has 1 saturated heterocycles. The summed E-state index contributed by atoms with van der Waals surface area (Å²) in [7, 11) is 0. The summed E-state index contributed by atoms with van der Waals surface area (Å²) in [5, 5.41) is 13.6. The lowest BCUT2D eigenvalue weighted by molar-refractivity contribution is 0.0412. The number of rotatable bonds is 3. The van der Waals surface area contributed by atoms with E-state index in [9.17, 15) is 5.11 Å². The van der Waals surface area contributed by atoms with E-state index >= 15 is 0 Å². The van der Waals surface area contributed by atoms with Crippen LogP contribution in [-0.2, 0) is 0 Å². The van der Waals surface area contributed by atoms with E-state index in [0.29, 0.717) is 5.75 Å². The monoisotopic (exact) mass is 326 g/mol. The number of nitrogens with one attached hydrogen (secondary N) is 1. The molecule has 1 heterocycles. The first-order valence-corrected chi connectivity index (χ1v) is 7.71. The molecule has 1 aliphatic heterocycles. The average molecular weight is 327 g/mol. The maximum atomic E-state index is 10.2. The van der Waals surface area contributed by atoms with Gasteiger partial charge in [-0.25, -0.2) is 0 Å². The predicted molar refractivity (Wildman–Crippen MR) is 82.5 cm³/mol. The first-order chi connectivity index (χ1) is 8.95. The third-order valence-corrected chi connectivity index (χ3v) is 4.47. The predicted octanol–water partition coefficient (Wildman–Crippen LogP) is 3.29. The van der Waals surface area contributed by atoms with E-state index in [0.717, 1.165) is 36.1 Å². The molecule has 1 atom stereocenters. The molecule has 106 valence electrons. The second kappa shape index (κ2) is 5.81. The van der Waals surface area contributed by atoms with E-state index < -0.39 is 0 Å². The Morgan fingerprint density at radius 2 is 2.21 bits per heavy atom. The van der Waals surface area contributed by atoms with Crippen molar-refractivity contribution in [3.8, 4) is 5.75 Å². The highest BCUT2D eigenvalue weighted by Gasteiger charge is 2.35. The molecule has 1 fully saturated rings. The third kappa shape index (κ3) is 3.12. The van der Waals surface area contributed by atoms with Crippen LogP contribution in [0.5, 0.6) is 5.75 Å². The molecule has 1 unspecified atom stereocenters. The first-order valence-electron chi connectivity index (χ1n) is 6.91. The lowest BCUT2D eigenvalue weighted by atomic mass is 9.92. The van der Waals surface area contributed by atoms with Gasteiger partial charge in [-0.2, -0.15) is 0 Å². The van der Waals surface area contributed by atoms with Gasteiger partial charge in [-0.15, -0.1) is 0 Å². The minimum Gasteiger partial charge on any atom is -0.508 e. The van der Waals surface area contributed by atoms with Gasteiger partial charge in [-0.05, 0) is 38.5 Å². The van der Waals surface area contributed by atoms with Crippen molar-refractivity contribution in [3.63, 3.8) is 0 Å². The molecule has 0 spiro atoms. The van der Waals surface area contributed by atoms with Crippen LogP contribution in [0, 0.1) is 0 Å². The standard InChI is InChI=1S/C15H23BrN2O/c1-4-13(12-9-11(16)5-6-14(12)19)18-8-7-17-10-15(18,2)3/h5-6,9,13,17,19H,4,7-8,10H2,1-3H3. The maximum Gasteiger partial charge on any atom is 0.120 e. The fourth-order valence-electron chi connectivity index (χ4n) is 2.98. The molecular formula is C15H23BrN2O. The van der Waals surface area contributed by atoms with Crippen LogP contribution in [0.2, 0.25) is 0 Å². The fourth-order valence-corrected chi connectivity index (χ4v) is 3.35. The van der Waals surface area contributed by atoms with Crippen LogP contribution in [0.4, 0.5) is 0 Å². The van der Waals surface area contributed by atoms with Crippen molar-refractivity contribution < 1.29 is 5.11 Å². The molecule has 19 heavy (non-hydrogen) atoms. The van der Waals surface area contributed by atoms with Crippen molar-refractivity contribution in [1.82, 2.24) is 10.2 Å². The molecule has 0 saturated carbocycles. The Bertz CT molecular complexity index is 448. The van der Waals surface area contributed by atoms with Gasteiger partial charge in [0.25, 0.3) is 0 Å². The quantitative estimate of drug-likeness (QED) is 0.894. The van der Waals surface area contributed by atoms with Gasteiger partial charge in [0.2, 0.25) is 0 Å². The van der Waals surface area contributed by atoms with Crippen LogP contribution in [0.25, 0.3) is 0 Å². The summed E-state index contributed by atoms with van der Waals surface area (Å²) in [6.45, 7) is 9.71. The largest absolute Gasteiger partial charge is 0.508 e. The van der Waals surface area contributed by atoms with Crippen molar-refractivity contribution in [2.24, 2.45) is 0 Å². The van der Waals surface area contributed by atoms with Crippen LogP contribution >= 0.6 is 15.9 Å². The number of aromatic hydroxyl groups is 1. The van der Waals surface area contributed by atoms with Crippen molar-refractivity contribution in [2.45, 2.75) is 38.8 Å². The molecule has 1 aromatic carbocycles. The summed E-state index contributed by atoms with van der Waals surface area (Å²) < 4.78 is 1.02. The third-order valence-electron chi connectivity index (χ3n) is 3.98. The van der Waals surface area contributed by atoms with Gasteiger partial charge in [0, 0.05) is 41.3 Å².